The summed E-state index contributed by atoms with van der Waals surface area (Å²) in [5, 5.41) is 2.53. The second-order valence-corrected chi connectivity index (χ2v) is 16.2. The van der Waals surface area contributed by atoms with E-state index < -0.39 is 99.7 Å². The van der Waals surface area contributed by atoms with Crippen LogP contribution >= 0.6 is 7.75 Å². The Balaban J connectivity index is 1.44. The SMILES string of the molecule is C#C[C@](CCn1cnc2c(N)nc(F)nc21)(COP(=O)(N[C@@H](Cc1ccccc1)C(=O)OCCCCCCC(F)(F)C(F)(F)C(F)(F)C(F)(F)C(F)(F)C(F)(F)F)Oc1ccccc1)OC. The molecule has 0 bridgehead atoms. The maximum absolute atomic E-state index is 14.6. The Morgan fingerprint density at radius 3 is 2.02 bits per heavy atom. The molecule has 0 aliphatic heterocycles. The van der Waals surface area contributed by atoms with E-state index in [1.807, 2.05) is 0 Å². The molecule has 0 saturated heterocycles. The molecule has 1 unspecified atom stereocenters. The molecule has 2 aromatic carbocycles. The first-order chi connectivity index (χ1) is 30.6. The Kier molecular flexibility index (Phi) is 16.8. The number of para-hydroxylation sites is 1. The lowest BCUT2D eigenvalue weighted by Crippen LogP contribution is -2.70. The highest BCUT2D eigenvalue weighted by Crippen LogP contribution is 2.61. The maximum atomic E-state index is 14.6. The molecule has 0 aliphatic rings. The van der Waals surface area contributed by atoms with Crippen LogP contribution in [-0.4, -0.2) is 93.2 Å². The minimum Gasteiger partial charge on any atom is -0.465 e. The molecule has 0 aliphatic carbocycles. The molecular weight excluding hydrogens is 945 g/mol. The van der Waals surface area contributed by atoms with Gasteiger partial charge < -0.3 is 24.3 Å². The summed E-state index contributed by atoms with van der Waals surface area (Å²) in [6.07, 6.45) is -6.47. The number of hydrogen-bond donors (Lipinski definition) is 2. The minimum absolute atomic E-state index is 0.0198. The number of esters is 1. The molecule has 3 atom stereocenters. The number of alkyl halides is 13. The molecule has 364 valence electrons. The predicted octanol–water partition coefficient (Wildman–Crippen LogP) is 9.59. The van der Waals surface area contributed by atoms with Crippen molar-refractivity contribution in [1.82, 2.24) is 24.6 Å². The van der Waals surface area contributed by atoms with E-state index in [1.165, 1.54) is 42.3 Å². The van der Waals surface area contributed by atoms with Gasteiger partial charge in [-0.05, 0) is 37.0 Å². The van der Waals surface area contributed by atoms with Gasteiger partial charge in [-0.1, -0.05) is 67.3 Å². The standard InChI is InChI=1S/C39H39F14N6O6P/c1-3-33(62-2,19-20-59-24-55-28-29(54)56-32(40)57-30(28)59)23-64-66(61,65-26-16-10-7-11-17-26)58-27(22-25-14-8-6-9-15-25)31(60)63-21-13-5-4-12-18-34(41,42)35(43,44)36(45,46)37(47,48)38(49,50)39(51,52)53/h1,6-11,14-17,24,27H,4-5,12-13,18-23H2,2H3,(H,58,61)(H2,54,56,57)/t27-,33-,66?/m0/s1. The van der Waals surface area contributed by atoms with Crippen LogP contribution in [-0.2, 0) is 36.3 Å². The topological polar surface area (TPSA) is 153 Å². The first-order valence-electron chi connectivity index (χ1n) is 19.2. The number of imidazole rings is 1. The van der Waals surface area contributed by atoms with E-state index in [4.69, 9.17) is 30.7 Å². The number of benzene rings is 2. The molecule has 4 aromatic rings. The second kappa shape index (κ2) is 20.7. The van der Waals surface area contributed by atoms with Gasteiger partial charge in [0.15, 0.2) is 17.1 Å². The van der Waals surface area contributed by atoms with Gasteiger partial charge in [0.1, 0.15) is 17.3 Å². The Hall–Kier alpha value is -5.25. The van der Waals surface area contributed by atoms with Crippen molar-refractivity contribution in [3.63, 3.8) is 0 Å². The number of ether oxygens (including phenoxy) is 2. The maximum Gasteiger partial charge on any atom is 0.460 e. The molecule has 12 nitrogen and oxygen atoms in total. The van der Waals surface area contributed by atoms with Crippen molar-refractivity contribution in [3.8, 4) is 18.1 Å². The highest BCUT2D eigenvalue weighted by atomic mass is 31.2. The Bertz CT molecular complexity index is 2340. The van der Waals surface area contributed by atoms with Crippen molar-refractivity contribution in [2.24, 2.45) is 0 Å². The second-order valence-electron chi connectivity index (χ2n) is 14.5. The number of nitrogen functional groups attached to an aromatic ring is 1. The molecule has 0 amide bonds. The number of nitrogens with zero attached hydrogens (tertiary/aromatic N) is 4. The van der Waals surface area contributed by atoms with Gasteiger partial charge in [-0.25, -0.2) is 9.55 Å². The van der Waals surface area contributed by atoms with Crippen LogP contribution in [0.15, 0.2) is 67.0 Å². The number of nitrogens with one attached hydrogen (secondary N) is 1. The lowest BCUT2D eigenvalue weighted by Gasteiger charge is -2.39. The Morgan fingerprint density at radius 1 is 0.833 bits per heavy atom. The summed E-state index contributed by atoms with van der Waals surface area (Å²) in [7, 11) is -3.52. The molecule has 2 aromatic heterocycles. The number of fused-ring (bicyclic) bond motifs is 1. The van der Waals surface area contributed by atoms with Gasteiger partial charge in [0.2, 0.25) is 0 Å². The quantitative estimate of drug-likeness (QED) is 0.0163. The number of hydrogen-bond acceptors (Lipinski definition) is 10. The van der Waals surface area contributed by atoms with Gasteiger partial charge >= 0.3 is 55.6 Å². The van der Waals surface area contributed by atoms with E-state index in [2.05, 4.69) is 26.0 Å². The number of terminal acetylenes is 1. The monoisotopic (exact) mass is 984 g/mol. The third kappa shape index (κ3) is 11.8. The molecule has 66 heavy (non-hydrogen) atoms. The molecule has 2 heterocycles. The third-order valence-electron chi connectivity index (χ3n) is 9.82. The lowest BCUT2D eigenvalue weighted by molar-refractivity contribution is -0.440. The third-order valence-corrected chi connectivity index (χ3v) is 11.4. The first-order valence-corrected chi connectivity index (χ1v) is 20.7. The average Bonchev–Trinajstić information content (AvgIpc) is 3.66. The summed E-state index contributed by atoms with van der Waals surface area (Å²) >= 11 is 0. The number of methoxy groups -OCH3 is 1. The highest BCUT2D eigenvalue weighted by molar-refractivity contribution is 7.52. The molecule has 0 spiro atoms. The van der Waals surface area contributed by atoms with Crippen LogP contribution in [0.1, 0.15) is 44.1 Å². The van der Waals surface area contributed by atoms with E-state index in [9.17, 15) is 70.8 Å². The fourth-order valence-corrected chi connectivity index (χ4v) is 7.50. The number of carbonyl (C=O) groups excluding carboxylic acids is 1. The molecule has 4 rings (SSSR count). The van der Waals surface area contributed by atoms with Crippen LogP contribution in [0.4, 0.5) is 67.3 Å². The molecule has 0 fully saturated rings. The van der Waals surface area contributed by atoms with Crippen molar-refractivity contribution in [1.29, 1.82) is 0 Å². The normalized spacial score (nSPS) is 15.4. The first kappa shape index (κ1) is 53.4. The highest BCUT2D eigenvalue weighted by Gasteiger charge is 2.90. The number of carbonyl (C=O) groups is 1. The van der Waals surface area contributed by atoms with Gasteiger partial charge in [-0.2, -0.15) is 76.5 Å². The lowest BCUT2D eigenvalue weighted by atomic mass is 9.91. The van der Waals surface area contributed by atoms with Gasteiger partial charge in [-0.15, -0.1) is 6.42 Å². The molecule has 3 N–H and O–H groups in total. The van der Waals surface area contributed by atoms with Crippen molar-refractivity contribution in [2.75, 3.05) is 26.1 Å². The average molecular weight is 985 g/mol. The summed E-state index contributed by atoms with van der Waals surface area (Å²) in [5.41, 5.74) is 4.64. The number of aromatic nitrogens is 4. The van der Waals surface area contributed by atoms with Crippen molar-refractivity contribution < 1.29 is 89.3 Å². The summed E-state index contributed by atoms with van der Waals surface area (Å²) in [5.74, 6) is -36.2. The number of aryl methyl sites for hydroxylation is 1. The van der Waals surface area contributed by atoms with Crippen LogP contribution in [0.2, 0.25) is 0 Å². The fourth-order valence-electron chi connectivity index (χ4n) is 5.97. The van der Waals surface area contributed by atoms with Gasteiger partial charge in [0.05, 0.1) is 19.5 Å². The van der Waals surface area contributed by atoms with E-state index in [1.54, 1.807) is 36.4 Å². The van der Waals surface area contributed by atoms with Crippen LogP contribution in [0, 0.1) is 18.4 Å². The zero-order valence-corrected chi connectivity index (χ0v) is 35.0. The fraction of sp³-hybridized carbons (Fsp3) is 0.487. The molecule has 27 heteroatoms. The smallest absolute Gasteiger partial charge is 0.460 e. The summed E-state index contributed by atoms with van der Waals surface area (Å²) in [6.45, 7) is -1.26. The molecule has 0 saturated carbocycles. The van der Waals surface area contributed by atoms with Gasteiger partial charge in [0.25, 0.3) is 0 Å². The van der Waals surface area contributed by atoms with E-state index in [0.29, 0.717) is 5.56 Å². The van der Waals surface area contributed by atoms with Crippen LogP contribution in [0.25, 0.3) is 11.2 Å². The summed E-state index contributed by atoms with van der Waals surface area (Å²) in [4.78, 5) is 24.7. The van der Waals surface area contributed by atoms with Gasteiger partial charge in [-0.3, -0.25) is 9.32 Å². The van der Waals surface area contributed by atoms with Crippen molar-refractivity contribution in [2.45, 2.75) is 98.9 Å². The zero-order valence-electron chi connectivity index (χ0n) is 34.1. The minimum atomic E-state index is -7.99. The van der Waals surface area contributed by atoms with Crippen LogP contribution < -0.4 is 15.3 Å². The molecular formula is C39H39F14N6O6P. The Labute approximate surface area is 366 Å². The summed E-state index contributed by atoms with van der Waals surface area (Å²) in [6, 6.07) is 13.9. The Morgan fingerprint density at radius 2 is 1.42 bits per heavy atom. The van der Waals surface area contributed by atoms with E-state index in [-0.39, 0.29) is 55.0 Å². The van der Waals surface area contributed by atoms with Crippen LogP contribution in [0.5, 0.6) is 5.75 Å². The number of rotatable bonds is 25. The largest absolute Gasteiger partial charge is 0.465 e. The number of nitrogens with two attached hydrogens (primary N) is 1. The molecule has 0 radical (unpaired) electrons. The van der Waals surface area contributed by atoms with E-state index in [0.717, 1.165) is 0 Å². The number of anilines is 1. The van der Waals surface area contributed by atoms with E-state index >= 15 is 0 Å². The number of unbranched alkanes of at least 4 members (excludes halogenated alkanes) is 3. The van der Waals surface area contributed by atoms with Gasteiger partial charge in [0, 0.05) is 26.5 Å². The number of halogens is 14. The summed E-state index contributed by atoms with van der Waals surface area (Å²) < 4.78 is 227. The zero-order chi connectivity index (χ0) is 49.4. The predicted molar refractivity (Wildman–Crippen MR) is 205 cm³/mol. The van der Waals surface area contributed by atoms with Crippen LogP contribution in [0.3, 0.4) is 0 Å². The van der Waals surface area contributed by atoms with Crippen molar-refractivity contribution >= 4 is 30.7 Å². The van der Waals surface area contributed by atoms with Crippen molar-refractivity contribution in [3.05, 3.63) is 78.6 Å².